The molecule has 0 spiro atoms. The highest BCUT2D eigenvalue weighted by Gasteiger charge is 2.30. The number of piperidine rings is 1. The Balaban J connectivity index is 0.00000423. The fourth-order valence-corrected chi connectivity index (χ4v) is 5.85. The fraction of sp³-hybridized carbons (Fsp3) is 0.387. The van der Waals surface area contributed by atoms with Crippen LogP contribution in [-0.2, 0) is 19.3 Å². The van der Waals surface area contributed by atoms with E-state index in [1.54, 1.807) is 6.07 Å². The largest absolute Gasteiger partial charge is 0.416 e. The smallest absolute Gasteiger partial charge is 0.353 e. The highest BCUT2D eigenvalue weighted by molar-refractivity contribution is 6.33. The molecular weight excluding hydrogens is 565 g/mol. The normalized spacial score (nSPS) is 17.2. The number of pyridine rings is 1. The van der Waals surface area contributed by atoms with Gasteiger partial charge in [-0.05, 0) is 67.4 Å². The third-order valence-corrected chi connectivity index (χ3v) is 8.27. The predicted molar refractivity (Wildman–Crippen MR) is 157 cm³/mol. The Morgan fingerprint density at radius 1 is 1.00 bits per heavy atom. The Morgan fingerprint density at radius 3 is 2.24 bits per heavy atom. The van der Waals surface area contributed by atoms with Gasteiger partial charge in [-0.3, -0.25) is 14.6 Å². The van der Waals surface area contributed by atoms with Crippen molar-refractivity contribution in [2.45, 2.75) is 38.1 Å². The van der Waals surface area contributed by atoms with E-state index in [2.05, 4.69) is 31.1 Å². The fourth-order valence-electron chi connectivity index (χ4n) is 5.57. The molecule has 0 atom stereocenters. The van der Waals surface area contributed by atoms with Crippen LogP contribution in [0.4, 0.5) is 19.0 Å². The first-order chi connectivity index (χ1) is 20.2. The van der Waals surface area contributed by atoms with Crippen LogP contribution < -0.4 is 10.2 Å². The minimum atomic E-state index is -4.40. The third-order valence-electron chi connectivity index (χ3n) is 7.99. The summed E-state index contributed by atoms with van der Waals surface area (Å²) >= 11 is 6.54. The van der Waals surface area contributed by atoms with E-state index in [0.717, 1.165) is 70.8 Å². The lowest BCUT2D eigenvalue weighted by Gasteiger charge is -2.43. The van der Waals surface area contributed by atoms with E-state index in [1.807, 2.05) is 24.3 Å². The molecule has 7 nitrogen and oxygen atoms in total. The van der Waals surface area contributed by atoms with Crippen LogP contribution in [0.2, 0.25) is 5.02 Å². The number of anilines is 1. The van der Waals surface area contributed by atoms with Crippen LogP contribution in [-0.4, -0.2) is 66.0 Å². The Bertz CT molecular complexity index is 1420. The van der Waals surface area contributed by atoms with E-state index in [-0.39, 0.29) is 7.97 Å². The van der Waals surface area contributed by atoms with Gasteiger partial charge < -0.3 is 10.2 Å². The van der Waals surface area contributed by atoms with Crippen molar-refractivity contribution in [3.8, 4) is 6.07 Å². The number of likely N-dealkylation sites (tertiary alicyclic amines) is 1. The molecule has 2 fully saturated rings. The quantitative estimate of drug-likeness (QED) is 0.382. The summed E-state index contributed by atoms with van der Waals surface area (Å²) < 4.78 is 38.3. The van der Waals surface area contributed by atoms with Crippen LogP contribution in [0.15, 0.2) is 60.8 Å². The predicted octanol–water partition coefficient (Wildman–Crippen LogP) is 5.59. The van der Waals surface area contributed by atoms with Crippen molar-refractivity contribution in [3.05, 3.63) is 93.6 Å². The van der Waals surface area contributed by atoms with Gasteiger partial charge in [0.1, 0.15) is 5.82 Å². The molecule has 0 bridgehead atoms. The molecule has 11 heteroatoms. The van der Waals surface area contributed by atoms with Gasteiger partial charge in [0.2, 0.25) is 0 Å². The minimum Gasteiger partial charge on any atom is -0.353 e. The van der Waals surface area contributed by atoms with Gasteiger partial charge in [-0.15, -0.1) is 0 Å². The van der Waals surface area contributed by atoms with Crippen molar-refractivity contribution in [1.82, 2.24) is 20.1 Å². The Morgan fingerprint density at radius 2 is 1.64 bits per heavy atom. The van der Waals surface area contributed by atoms with Gasteiger partial charge in [0.25, 0.3) is 5.91 Å². The van der Waals surface area contributed by atoms with Gasteiger partial charge in [-0.25, -0.2) is 4.98 Å². The summed E-state index contributed by atoms with van der Waals surface area (Å²) in [6.45, 7) is 6.48. The first-order valence-electron chi connectivity index (χ1n) is 14.0. The molecule has 2 aliphatic heterocycles. The summed E-state index contributed by atoms with van der Waals surface area (Å²) in [5, 5.41) is 12.1. The average Bonchev–Trinajstić information content (AvgIpc) is 3.00. The average molecular weight is 599 g/mol. The zero-order valence-electron chi connectivity index (χ0n) is 23.1. The van der Waals surface area contributed by atoms with Crippen molar-refractivity contribution < 1.29 is 19.4 Å². The molecule has 1 N–H and O–H groups in total. The van der Waals surface area contributed by atoms with Gasteiger partial charge in [-0.2, -0.15) is 18.4 Å². The van der Waals surface area contributed by atoms with Gasteiger partial charge in [0.15, 0.2) is 0 Å². The molecule has 5 rings (SSSR count). The number of carbonyl (C=O) groups excluding carboxylic acids is 1. The molecule has 1 aromatic heterocycles. The van der Waals surface area contributed by atoms with Crippen LogP contribution in [0.25, 0.3) is 0 Å². The number of carbonyl (C=O) groups is 1. The van der Waals surface area contributed by atoms with Crippen LogP contribution in [0.3, 0.4) is 0 Å². The Hall–Kier alpha value is -3.65. The maximum atomic E-state index is 12.8. The van der Waals surface area contributed by atoms with Crippen molar-refractivity contribution in [1.29, 1.82) is 5.26 Å². The summed E-state index contributed by atoms with van der Waals surface area (Å²) in [5.74, 6) is 0.249. The number of nitriles is 1. The molecule has 2 aliphatic rings. The van der Waals surface area contributed by atoms with Gasteiger partial charge in [-0.1, -0.05) is 35.9 Å². The zero-order valence-corrected chi connectivity index (χ0v) is 23.8. The number of nitrogens with one attached hydrogen (secondary N) is 1. The number of hydrogen-bond acceptors (Lipinski definition) is 6. The Labute approximate surface area is 250 Å². The zero-order chi connectivity index (χ0) is 29.7. The molecule has 2 saturated heterocycles. The van der Waals surface area contributed by atoms with E-state index in [0.29, 0.717) is 33.6 Å². The lowest BCUT2D eigenvalue weighted by Crippen LogP contribution is -2.53. The first kappa shape index (κ1) is 29.8. The lowest BCUT2D eigenvalue weighted by molar-refractivity contribution is -0.137. The second-order valence-corrected chi connectivity index (χ2v) is 11.2. The number of halogens is 4. The summed E-state index contributed by atoms with van der Waals surface area (Å²) in [5.41, 5.74) is 2.04. The molecule has 0 aliphatic carbocycles. The molecule has 3 heterocycles. The summed E-state index contributed by atoms with van der Waals surface area (Å²) in [6, 6.07) is 16.8. The van der Waals surface area contributed by atoms with Crippen LogP contribution in [0.1, 0.15) is 46.9 Å². The number of benzene rings is 2. The van der Waals surface area contributed by atoms with E-state index >= 15 is 0 Å². The van der Waals surface area contributed by atoms with Crippen LogP contribution in [0.5, 0.6) is 0 Å². The van der Waals surface area contributed by atoms with Crippen molar-refractivity contribution in [2.75, 3.05) is 44.2 Å². The molecule has 1 amide bonds. The monoisotopic (exact) mass is 598 g/mol. The SMILES string of the molecule is N#Cc1ccc(CN2CCC(N3CCN(c4ncc(C(=O)NCc5ccc(C(F)(F)F)cc5)cc4Cl)CC3)CC2)cc1.[HH]. The molecular formula is C31H34ClF3N6O. The summed E-state index contributed by atoms with van der Waals surface area (Å²) in [6.07, 6.45) is -0.679. The highest BCUT2D eigenvalue weighted by atomic mass is 35.5. The molecule has 3 aromatic rings. The lowest BCUT2D eigenvalue weighted by atomic mass is 10.0. The van der Waals surface area contributed by atoms with E-state index in [9.17, 15) is 18.0 Å². The number of amides is 1. The molecule has 0 unspecified atom stereocenters. The number of aromatic nitrogens is 1. The highest BCUT2D eigenvalue weighted by Crippen LogP contribution is 2.29. The first-order valence-corrected chi connectivity index (χ1v) is 14.4. The van der Waals surface area contributed by atoms with Crippen molar-refractivity contribution in [2.24, 2.45) is 0 Å². The second kappa shape index (κ2) is 13.1. The summed E-state index contributed by atoms with van der Waals surface area (Å²) in [7, 11) is 0. The minimum absolute atomic E-state index is 0. The van der Waals surface area contributed by atoms with Gasteiger partial charge in [0.05, 0.1) is 27.8 Å². The third kappa shape index (κ3) is 7.40. The number of hydrogen-bond donors (Lipinski definition) is 1. The number of nitrogens with zero attached hydrogens (tertiary/aromatic N) is 5. The van der Waals surface area contributed by atoms with Crippen molar-refractivity contribution in [3.63, 3.8) is 0 Å². The van der Waals surface area contributed by atoms with Gasteiger partial charge >= 0.3 is 6.18 Å². The molecule has 42 heavy (non-hydrogen) atoms. The maximum absolute atomic E-state index is 12.8. The molecule has 0 radical (unpaired) electrons. The number of alkyl halides is 3. The van der Waals surface area contributed by atoms with E-state index in [4.69, 9.17) is 16.9 Å². The number of piperazine rings is 1. The summed E-state index contributed by atoms with van der Waals surface area (Å²) in [4.78, 5) is 24.3. The topological polar surface area (TPSA) is 75.5 Å². The molecule has 222 valence electrons. The maximum Gasteiger partial charge on any atom is 0.416 e. The van der Waals surface area contributed by atoms with Crippen molar-refractivity contribution >= 4 is 23.3 Å². The van der Waals surface area contributed by atoms with Crippen LogP contribution >= 0.6 is 11.6 Å². The van der Waals surface area contributed by atoms with E-state index < -0.39 is 17.6 Å². The molecule has 2 aromatic carbocycles. The number of rotatable bonds is 7. The van der Waals surface area contributed by atoms with Crippen LogP contribution in [0, 0.1) is 11.3 Å². The standard InChI is InChI=1S/C31H32ClF3N6O.H2/c32-28-17-25(30(42)38-19-23-5-7-26(8-6-23)31(33,34)35)20-37-29(28)41-15-13-40(14-16-41)27-9-11-39(12-10-27)21-24-3-1-22(18-36)2-4-24;/h1-8,17,20,27H,9-16,19,21H2,(H,38,42);1H. The second-order valence-electron chi connectivity index (χ2n) is 10.7. The molecule has 0 saturated carbocycles. The van der Waals surface area contributed by atoms with E-state index in [1.165, 1.54) is 23.9 Å². The van der Waals surface area contributed by atoms with Gasteiger partial charge in [0, 0.05) is 52.9 Å². The Kier molecular flexibility index (Phi) is 9.31.